The zero-order valence-corrected chi connectivity index (χ0v) is 15.3. The van der Waals surface area contributed by atoms with Crippen LogP contribution in [0.2, 0.25) is 5.02 Å². The van der Waals surface area contributed by atoms with E-state index >= 15 is 0 Å². The number of anilines is 1. The fourth-order valence-corrected chi connectivity index (χ4v) is 2.76. The molecule has 1 amide bonds. The maximum Gasteiger partial charge on any atom is 0.262 e. The van der Waals surface area contributed by atoms with Gasteiger partial charge in [-0.2, -0.15) is 0 Å². The zero-order chi connectivity index (χ0) is 19.3. The van der Waals surface area contributed by atoms with Crippen LogP contribution in [0, 0.1) is 0 Å². The fourth-order valence-electron chi connectivity index (χ4n) is 2.64. The third-order valence-electron chi connectivity index (χ3n) is 3.90. The summed E-state index contributed by atoms with van der Waals surface area (Å²) < 4.78 is 12.9. The van der Waals surface area contributed by atoms with Gasteiger partial charge in [0.25, 0.3) is 5.91 Å². The number of carbonyl (C=O) groups is 1. The number of para-hydroxylation sites is 2. The van der Waals surface area contributed by atoms with E-state index in [1.54, 1.807) is 59.6 Å². The Bertz CT molecular complexity index is 1080. The first-order chi connectivity index (χ1) is 13.7. The number of amides is 1. The Labute approximate surface area is 165 Å². The summed E-state index contributed by atoms with van der Waals surface area (Å²) in [5, 5.41) is 11.4. The lowest BCUT2D eigenvalue weighted by Gasteiger charge is -2.13. The van der Waals surface area contributed by atoms with Crippen LogP contribution in [-0.2, 0) is 4.79 Å². The van der Waals surface area contributed by atoms with Crippen molar-refractivity contribution in [2.24, 2.45) is 0 Å². The molecule has 2 heterocycles. The number of nitrogens with one attached hydrogen (secondary N) is 1. The van der Waals surface area contributed by atoms with Gasteiger partial charge >= 0.3 is 0 Å². The fraction of sp³-hybridized carbons (Fsp3) is 0.0500. The van der Waals surface area contributed by atoms with Gasteiger partial charge in [0.05, 0.1) is 12.0 Å². The van der Waals surface area contributed by atoms with E-state index in [4.69, 9.17) is 20.8 Å². The van der Waals surface area contributed by atoms with Gasteiger partial charge in [-0.1, -0.05) is 23.7 Å². The number of hydrogen-bond donors (Lipinski definition) is 1. The average Bonchev–Trinajstić information content (AvgIpc) is 3.40. The van der Waals surface area contributed by atoms with Gasteiger partial charge in [0, 0.05) is 10.7 Å². The number of hydrogen-bond acceptors (Lipinski definition) is 5. The van der Waals surface area contributed by atoms with Crippen molar-refractivity contribution in [3.63, 3.8) is 0 Å². The van der Waals surface area contributed by atoms with Crippen LogP contribution in [0.1, 0.15) is 0 Å². The summed E-state index contributed by atoms with van der Waals surface area (Å²) in [7, 11) is 0. The van der Waals surface area contributed by atoms with Crippen LogP contribution in [0.25, 0.3) is 17.3 Å². The molecule has 1 N–H and O–H groups in total. The predicted molar refractivity (Wildman–Crippen MR) is 105 cm³/mol. The van der Waals surface area contributed by atoms with E-state index in [0.29, 0.717) is 33.7 Å². The molecule has 0 spiro atoms. The van der Waals surface area contributed by atoms with Crippen molar-refractivity contribution in [3.8, 4) is 23.0 Å². The van der Waals surface area contributed by atoms with Crippen molar-refractivity contribution in [1.29, 1.82) is 0 Å². The van der Waals surface area contributed by atoms with E-state index in [1.165, 1.54) is 0 Å². The molecule has 4 aromatic rings. The third kappa shape index (κ3) is 3.89. The Balaban J connectivity index is 1.51. The molecule has 0 unspecified atom stereocenters. The quantitative estimate of drug-likeness (QED) is 0.530. The van der Waals surface area contributed by atoms with Crippen LogP contribution in [0.4, 0.5) is 5.69 Å². The van der Waals surface area contributed by atoms with Crippen LogP contribution in [-0.4, -0.2) is 27.3 Å². The first-order valence-electron chi connectivity index (χ1n) is 8.42. The summed E-state index contributed by atoms with van der Waals surface area (Å²) in [5.74, 6) is 1.34. The molecule has 0 radical (unpaired) electrons. The average molecular weight is 395 g/mol. The molecule has 2 aromatic heterocycles. The number of carbonyl (C=O) groups excluding carboxylic acids is 1. The molecule has 0 aliphatic carbocycles. The van der Waals surface area contributed by atoms with E-state index in [0.717, 1.165) is 0 Å². The minimum atomic E-state index is -0.285. The monoisotopic (exact) mass is 394 g/mol. The number of halogens is 1. The lowest BCUT2D eigenvalue weighted by molar-refractivity contribution is -0.118. The first-order valence-corrected chi connectivity index (χ1v) is 8.80. The normalized spacial score (nSPS) is 10.6. The van der Waals surface area contributed by atoms with Crippen LogP contribution in [0.3, 0.4) is 0 Å². The molecule has 28 heavy (non-hydrogen) atoms. The second-order valence-corrected chi connectivity index (χ2v) is 6.25. The van der Waals surface area contributed by atoms with E-state index in [2.05, 4.69) is 15.5 Å². The second kappa shape index (κ2) is 7.98. The van der Waals surface area contributed by atoms with Gasteiger partial charge in [0.1, 0.15) is 12.1 Å². The van der Waals surface area contributed by atoms with Gasteiger partial charge in [-0.3, -0.25) is 9.36 Å². The lowest BCUT2D eigenvalue weighted by Crippen LogP contribution is -2.20. The number of benzene rings is 2. The lowest BCUT2D eigenvalue weighted by atomic mass is 10.2. The number of furan rings is 1. The molecule has 0 bridgehead atoms. The van der Waals surface area contributed by atoms with E-state index in [9.17, 15) is 4.79 Å². The van der Waals surface area contributed by atoms with Crippen LogP contribution in [0.15, 0.2) is 77.7 Å². The summed E-state index contributed by atoms with van der Waals surface area (Å²) in [6.07, 6.45) is 3.13. The highest BCUT2D eigenvalue weighted by molar-refractivity contribution is 6.30. The highest BCUT2D eigenvalue weighted by Crippen LogP contribution is 2.27. The summed E-state index contributed by atoms with van der Waals surface area (Å²) in [6, 6.07) is 17.7. The summed E-state index contributed by atoms with van der Waals surface area (Å²) in [5.41, 5.74) is 1.34. The Hall–Kier alpha value is -3.58. The predicted octanol–water partition coefficient (Wildman–Crippen LogP) is 4.20. The molecule has 0 aliphatic heterocycles. The van der Waals surface area contributed by atoms with E-state index in [1.807, 2.05) is 18.2 Å². The largest absolute Gasteiger partial charge is 0.482 e. The maximum atomic E-state index is 12.2. The van der Waals surface area contributed by atoms with Crippen LogP contribution < -0.4 is 10.1 Å². The van der Waals surface area contributed by atoms with Gasteiger partial charge < -0.3 is 14.5 Å². The Morgan fingerprint density at radius 1 is 1.11 bits per heavy atom. The third-order valence-corrected chi connectivity index (χ3v) is 4.15. The topological polar surface area (TPSA) is 82.2 Å². The molecule has 8 heteroatoms. The van der Waals surface area contributed by atoms with Crippen molar-refractivity contribution in [3.05, 3.63) is 78.3 Å². The molecule has 2 aromatic carbocycles. The van der Waals surface area contributed by atoms with E-state index < -0.39 is 0 Å². The second-order valence-electron chi connectivity index (χ2n) is 5.81. The van der Waals surface area contributed by atoms with Crippen molar-refractivity contribution in [2.75, 3.05) is 11.9 Å². The highest BCUT2D eigenvalue weighted by atomic mass is 35.5. The van der Waals surface area contributed by atoms with Crippen molar-refractivity contribution < 1.29 is 13.9 Å². The minimum Gasteiger partial charge on any atom is -0.482 e. The van der Waals surface area contributed by atoms with Crippen LogP contribution in [0.5, 0.6) is 5.75 Å². The molecule has 0 fully saturated rings. The highest BCUT2D eigenvalue weighted by Gasteiger charge is 2.15. The molecule has 140 valence electrons. The van der Waals surface area contributed by atoms with Crippen molar-refractivity contribution >= 4 is 23.2 Å². The van der Waals surface area contributed by atoms with Gasteiger partial charge in [-0.05, 0) is 48.5 Å². The molecular weight excluding hydrogens is 380 g/mol. The number of ether oxygens (including phenoxy) is 1. The first kappa shape index (κ1) is 17.8. The molecule has 4 rings (SSSR count). The van der Waals surface area contributed by atoms with Crippen LogP contribution >= 0.6 is 11.6 Å². The summed E-state index contributed by atoms with van der Waals surface area (Å²) in [4.78, 5) is 12.2. The Morgan fingerprint density at radius 2 is 1.93 bits per heavy atom. The minimum absolute atomic E-state index is 0.155. The van der Waals surface area contributed by atoms with Gasteiger partial charge in [-0.15, -0.1) is 10.2 Å². The molecule has 0 aliphatic rings. The molecule has 0 saturated carbocycles. The Morgan fingerprint density at radius 3 is 2.71 bits per heavy atom. The van der Waals surface area contributed by atoms with E-state index in [-0.39, 0.29) is 12.5 Å². The smallest absolute Gasteiger partial charge is 0.262 e. The van der Waals surface area contributed by atoms with Gasteiger partial charge in [-0.25, -0.2) is 0 Å². The SMILES string of the molecule is O=C(COc1ccccc1-n1cnnc1-c1ccco1)Nc1ccc(Cl)cc1. The molecule has 0 saturated heterocycles. The standard InChI is InChI=1S/C20H15ClN4O3/c21-14-7-9-15(10-8-14)23-19(26)12-28-17-5-2-1-4-16(17)25-13-22-24-20(25)18-6-3-11-27-18/h1-11,13H,12H2,(H,23,26). The maximum absolute atomic E-state index is 12.2. The van der Waals surface area contributed by atoms with Gasteiger partial charge in [0.2, 0.25) is 5.82 Å². The Kier molecular flexibility index (Phi) is 5.07. The summed E-state index contributed by atoms with van der Waals surface area (Å²) >= 11 is 5.85. The van der Waals surface area contributed by atoms with Gasteiger partial charge in [0.15, 0.2) is 12.4 Å². The molecule has 0 atom stereocenters. The molecule has 7 nitrogen and oxygen atoms in total. The van der Waals surface area contributed by atoms with Crippen molar-refractivity contribution in [2.45, 2.75) is 0 Å². The van der Waals surface area contributed by atoms with Crippen molar-refractivity contribution in [1.82, 2.24) is 14.8 Å². The molecular formula is C20H15ClN4O3. The number of nitrogens with zero attached hydrogens (tertiary/aromatic N) is 3. The summed E-state index contributed by atoms with van der Waals surface area (Å²) in [6.45, 7) is -0.155. The number of rotatable bonds is 6. The number of aromatic nitrogens is 3. The zero-order valence-electron chi connectivity index (χ0n) is 14.6.